The first-order valence-corrected chi connectivity index (χ1v) is 8.49. The number of H-pyrrole nitrogens is 1. The highest BCUT2D eigenvalue weighted by molar-refractivity contribution is 5.91. The van der Waals surface area contributed by atoms with Gasteiger partial charge < -0.3 is 5.32 Å². The Morgan fingerprint density at radius 1 is 1.11 bits per heavy atom. The summed E-state index contributed by atoms with van der Waals surface area (Å²) in [6.45, 7) is 2.00. The molecule has 0 unspecified atom stereocenters. The Kier molecular flexibility index (Phi) is 4.25. The minimum Gasteiger partial charge on any atom is -0.310 e. The van der Waals surface area contributed by atoms with Crippen LogP contribution in [-0.2, 0) is 11.2 Å². The lowest BCUT2D eigenvalue weighted by Gasteiger charge is -2.06. The van der Waals surface area contributed by atoms with Gasteiger partial charge in [0.05, 0.1) is 6.42 Å². The zero-order chi connectivity index (χ0) is 18.8. The number of nitrogens with zero attached hydrogens (tertiary/aromatic N) is 3. The van der Waals surface area contributed by atoms with Crippen LogP contribution in [0.15, 0.2) is 65.5 Å². The van der Waals surface area contributed by atoms with E-state index in [1.165, 1.54) is 10.6 Å². The molecule has 2 N–H and O–H groups in total. The van der Waals surface area contributed by atoms with Crippen molar-refractivity contribution in [2.75, 3.05) is 5.32 Å². The van der Waals surface area contributed by atoms with Gasteiger partial charge in [0, 0.05) is 11.6 Å². The van der Waals surface area contributed by atoms with Crippen molar-refractivity contribution in [2.24, 2.45) is 0 Å². The number of amides is 1. The van der Waals surface area contributed by atoms with E-state index in [2.05, 4.69) is 20.4 Å². The summed E-state index contributed by atoms with van der Waals surface area (Å²) in [4.78, 5) is 31.3. The Morgan fingerprint density at radius 3 is 2.59 bits per heavy atom. The van der Waals surface area contributed by atoms with E-state index < -0.39 is 0 Å². The summed E-state index contributed by atoms with van der Waals surface area (Å²) in [6, 6.07) is 18.4. The van der Waals surface area contributed by atoms with Gasteiger partial charge in [0.25, 0.3) is 5.56 Å². The Bertz CT molecular complexity index is 1160. The molecule has 0 saturated carbocycles. The van der Waals surface area contributed by atoms with Gasteiger partial charge in [0.15, 0.2) is 5.82 Å². The van der Waals surface area contributed by atoms with E-state index >= 15 is 0 Å². The van der Waals surface area contributed by atoms with Crippen LogP contribution >= 0.6 is 0 Å². The van der Waals surface area contributed by atoms with Crippen molar-refractivity contribution < 1.29 is 4.79 Å². The molecule has 134 valence electrons. The minimum atomic E-state index is -0.361. The summed E-state index contributed by atoms with van der Waals surface area (Å²) in [5.41, 5.74) is 2.48. The molecule has 0 saturated heterocycles. The second-order valence-electron chi connectivity index (χ2n) is 6.27. The molecule has 1 amide bonds. The molecule has 2 aromatic heterocycles. The number of aryl methyl sites for hydroxylation is 1. The van der Waals surface area contributed by atoms with Crippen molar-refractivity contribution in [3.8, 4) is 11.4 Å². The molecule has 0 radical (unpaired) electrons. The molecule has 2 aromatic carbocycles. The van der Waals surface area contributed by atoms with Crippen LogP contribution in [0, 0.1) is 6.92 Å². The number of carbonyl (C=O) groups is 1. The van der Waals surface area contributed by atoms with Crippen molar-refractivity contribution in [1.82, 2.24) is 19.6 Å². The predicted molar refractivity (Wildman–Crippen MR) is 103 cm³/mol. The van der Waals surface area contributed by atoms with Crippen LogP contribution in [0.4, 0.5) is 5.82 Å². The van der Waals surface area contributed by atoms with Crippen LogP contribution in [0.5, 0.6) is 0 Å². The largest absolute Gasteiger partial charge is 0.310 e. The first-order chi connectivity index (χ1) is 13.1. The van der Waals surface area contributed by atoms with Crippen molar-refractivity contribution in [1.29, 1.82) is 0 Å². The number of carbonyl (C=O) groups excluding carboxylic acids is 1. The highest BCUT2D eigenvalue weighted by Crippen LogP contribution is 2.17. The second-order valence-corrected chi connectivity index (χ2v) is 6.27. The quantitative estimate of drug-likeness (QED) is 0.586. The Hall–Kier alpha value is -3.74. The summed E-state index contributed by atoms with van der Waals surface area (Å²) in [5, 5.41) is 7.18. The molecular formula is C20H17N5O2. The molecule has 4 rings (SSSR count). The van der Waals surface area contributed by atoms with Gasteiger partial charge in [-0.05, 0) is 12.5 Å². The first-order valence-electron chi connectivity index (χ1n) is 8.49. The summed E-state index contributed by atoms with van der Waals surface area (Å²) in [6.07, 6.45) is 0.203. The van der Waals surface area contributed by atoms with Gasteiger partial charge in [-0.15, -0.1) is 5.10 Å². The van der Waals surface area contributed by atoms with E-state index in [1.54, 1.807) is 0 Å². The molecular weight excluding hydrogens is 342 g/mol. The van der Waals surface area contributed by atoms with Crippen LogP contribution in [0.2, 0.25) is 0 Å². The summed E-state index contributed by atoms with van der Waals surface area (Å²) in [7, 11) is 0. The van der Waals surface area contributed by atoms with Crippen molar-refractivity contribution in [3.63, 3.8) is 0 Å². The van der Waals surface area contributed by atoms with Crippen LogP contribution in [0.25, 0.3) is 17.2 Å². The maximum absolute atomic E-state index is 12.4. The molecule has 0 spiro atoms. The van der Waals surface area contributed by atoms with Crippen LogP contribution in [0.1, 0.15) is 11.1 Å². The predicted octanol–water partition coefficient (Wildman–Crippen LogP) is 2.57. The summed E-state index contributed by atoms with van der Waals surface area (Å²) in [5.74, 6) is 0.782. The van der Waals surface area contributed by atoms with E-state index in [0.29, 0.717) is 5.82 Å². The number of nitrogens with one attached hydrogen (secondary N) is 2. The average Bonchev–Trinajstić information content (AvgIpc) is 3.07. The smallest absolute Gasteiger partial charge is 0.254 e. The van der Waals surface area contributed by atoms with E-state index in [-0.39, 0.29) is 29.5 Å². The van der Waals surface area contributed by atoms with Gasteiger partial charge in [-0.3, -0.25) is 14.6 Å². The third-order valence-corrected chi connectivity index (χ3v) is 4.12. The Balaban J connectivity index is 1.67. The van der Waals surface area contributed by atoms with Gasteiger partial charge in [0.2, 0.25) is 11.7 Å². The van der Waals surface area contributed by atoms with Crippen LogP contribution in [0.3, 0.4) is 0 Å². The number of rotatable bonds is 4. The maximum atomic E-state index is 12.4. The molecule has 7 heteroatoms. The lowest BCUT2D eigenvalue weighted by molar-refractivity contribution is -0.115. The number of anilines is 1. The normalized spacial score (nSPS) is 10.9. The second kappa shape index (κ2) is 6.87. The highest BCUT2D eigenvalue weighted by atomic mass is 16.2. The topological polar surface area (TPSA) is 92.1 Å². The SMILES string of the molecule is Cc1ccc(-c2nc3[nH]c(=O)cc(NC(=O)Cc4ccccc4)n3n2)cc1. The number of hydrogen-bond donors (Lipinski definition) is 2. The third-order valence-electron chi connectivity index (χ3n) is 4.12. The molecule has 4 aromatic rings. The number of benzene rings is 2. The van der Waals surface area contributed by atoms with E-state index in [1.807, 2.05) is 61.5 Å². The van der Waals surface area contributed by atoms with Gasteiger partial charge >= 0.3 is 0 Å². The molecule has 0 aliphatic rings. The average molecular weight is 359 g/mol. The number of aromatic amines is 1. The van der Waals surface area contributed by atoms with Crippen LogP contribution in [-0.4, -0.2) is 25.5 Å². The van der Waals surface area contributed by atoms with Gasteiger partial charge in [0.1, 0.15) is 5.82 Å². The van der Waals surface area contributed by atoms with Crippen molar-refractivity contribution >= 4 is 17.5 Å². The molecule has 0 fully saturated rings. The van der Waals surface area contributed by atoms with E-state index in [0.717, 1.165) is 16.7 Å². The number of aromatic nitrogens is 4. The minimum absolute atomic E-state index is 0.203. The van der Waals surface area contributed by atoms with Crippen LogP contribution < -0.4 is 10.9 Å². The monoisotopic (exact) mass is 359 g/mol. The zero-order valence-electron chi connectivity index (χ0n) is 14.6. The summed E-state index contributed by atoms with van der Waals surface area (Å²) < 4.78 is 1.43. The van der Waals surface area contributed by atoms with Gasteiger partial charge in [-0.25, -0.2) is 0 Å². The Morgan fingerprint density at radius 2 is 1.85 bits per heavy atom. The van der Waals surface area contributed by atoms with E-state index in [4.69, 9.17) is 0 Å². The van der Waals surface area contributed by atoms with Crippen molar-refractivity contribution in [2.45, 2.75) is 13.3 Å². The molecule has 2 heterocycles. The molecule has 0 aliphatic carbocycles. The third kappa shape index (κ3) is 3.62. The zero-order valence-corrected chi connectivity index (χ0v) is 14.6. The maximum Gasteiger partial charge on any atom is 0.254 e. The molecule has 0 aliphatic heterocycles. The molecule has 0 atom stereocenters. The number of hydrogen-bond acceptors (Lipinski definition) is 4. The summed E-state index contributed by atoms with van der Waals surface area (Å²) >= 11 is 0. The lowest BCUT2D eigenvalue weighted by Crippen LogP contribution is -2.20. The van der Waals surface area contributed by atoms with Gasteiger partial charge in [-0.1, -0.05) is 60.2 Å². The Labute approximate surface area is 154 Å². The molecule has 27 heavy (non-hydrogen) atoms. The standard InChI is InChI=1S/C20H17N5O2/c1-13-7-9-15(10-8-13)19-23-20-22-18(27)12-16(25(20)24-19)21-17(26)11-14-5-3-2-4-6-14/h2-10,12H,11H2,1H3,(H,21,26)(H,22,23,24,27). The molecule has 0 bridgehead atoms. The first kappa shape index (κ1) is 16.7. The fourth-order valence-corrected chi connectivity index (χ4v) is 2.77. The van der Waals surface area contributed by atoms with Crippen molar-refractivity contribution in [3.05, 3.63) is 82.1 Å². The highest BCUT2D eigenvalue weighted by Gasteiger charge is 2.13. The fraction of sp³-hybridized carbons (Fsp3) is 0.100. The lowest BCUT2D eigenvalue weighted by atomic mass is 10.1. The van der Waals surface area contributed by atoms with E-state index in [9.17, 15) is 9.59 Å². The van der Waals surface area contributed by atoms with Gasteiger partial charge in [-0.2, -0.15) is 9.50 Å². The fourth-order valence-electron chi connectivity index (χ4n) is 2.77. The molecule has 7 nitrogen and oxygen atoms in total. The number of fused-ring (bicyclic) bond motifs is 1.